The molecule has 3 aromatic rings. The number of benzene rings is 1. The van der Waals surface area contributed by atoms with Crippen molar-refractivity contribution in [2.75, 3.05) is 19.7 Å². The lowest BCUT2D eigenvalue weighted by Gasteiger charge is -2.16. The molecule has 2 aromatic heterocycles. The van der Waals surface area contributed by atoms with Crippen LogP contribution in [-0.4, -0.2) is 47.7 Å². The van der Waals surface area contributed by atoms with E-state index in [1.54, 1.807) is 17.2 Å². The van der Waals surface area contributed by atoms with Gasteiger partial charge >= 0.3 is 0 Å². The first-order valence-electron chi connectivity index (χ1n) is 11.7. The number of nitrogens with zero attached hydrogens (tertiary/aromatic N) is 3. The molecule has 0 unspecified atom stereocenters. The molecule has 9 heteroatoms. The Morgan fingerprint density at radius 1 is 1.15 bits per heavy atom. The lowest BCUT2D eigenvalue weighted by atomic mass is 10.1. The molecule has 0 aliphatic carbocycles. The molecule has 34 heavy (non-hydrogen) atoms. The lowest BCUT2D eigenvalue weighted by molar-refractivity contribution is -0.130. The number of likely N-dealkylation sites (tertiary alicyclic amines) is 1. The van der Waals surface area contributed by atoms with E-state index >= 15 is 0 Å². The molecular formula is C25H31ClFN3O3Si. The fourth-order valence-corrected chi connectivity index (χ4v) is 5.15. The highest BCUT2D eigenvalue weighted by molar-refractivity contribution is 6.76. The van der Waals surface area contributed by atoms with Crippen molar-refractivity contribution in [3.63, 3.8) is 0 Å². The largest absolute Gasteiger partial charge is 0.361 e. The fraction of sp³-hybridized carbons (Fsp3) is 0.440. The highest BCUT2D eigenvalue weighted by Crippen LogP contribution is 2.31. The van der Waals surface area contributed by atoms with E-state index in [-0.39, 0.29) is 23.0 Å². The Hall–Kier alpha value is -2.42. The van der Waals surface area contributed by atoms with Crippen molar-refractivity contribution < 1.29 is 13.9 Å². The molecule has 1 aliphatic heterocycles. The Morgan fingerprint density at radius 3 is 2.56 bits per heavy atom. The van der Waals surface area contributed by atoms with E-state index in [1.165, 1.54) is 16.7 Å². The molecule has 1 aromatic carbocycles. The Balaban J connectivity index is 1.71. The third-order valence-corrected chi connectivity index (χ3v) is 8.22. The van der Waals surface area contributed by atoms with Gasteiger partial charge in [0, 0.05) is 45.7 Å². The van der Waals surface area contributed by atoms with Gasteiger partial charge in [-0.3, -0.25) is 9.59 Å². The van der Waals surface area contributed by atoms with Crippen LogP contribution in [0.1, 0.15) is 12.8 Å². The molecule has 3 heterocycles. The van der Waals surface area contributed by atoms with Crippen LogP contribution in [-0.2, 0) is 22.8 Å². The predicted octanol–water partition coefficient (Wildman–Crippen LogP) is 5.20. The molecule has 0 radical (unpaired) electrons. The maximum absolute atomic E-state index is 13.8. The molecule has 0 atom stereocenters. The molecule has 1 aliphatic rings. The van der Waals surface area contributed by atoms with Crippen LogP contribution >= 0.6 is 11.6 Å². The van der Waals surface area contributed by atoms with Gasteiger partial charge in [-0.25, -0.2) is 4.39 Å². The third-order valence-electron chi connectivity index (χ3n) is 6.23. The highest BCUT2D eigenvalue weighted by Gasteiger charge is 2.21. The molecule has 1 saturated heterocycles. The quantitative estimate of drug-likeness (QED) is 0.313. The van der Waals surface area contributed by atoms with E-state index in [1.807, 2.05) is 16.8 Å². The maximum atomic E-state index is 13.8. The first kappa shape index (κ1) is 24.7. The standard InChI is InChI=1S/C25H31ClFN3O3Si/c1-34(2,3)13-12-33-17-30-15-19(18-6-7-21(27)20(26)14-18)24-22(30)8-11-29(25(24)32)16-23(31)28-9-4-5-10-28/h6-8,11,14-15H,4-5,9-10,12-13,16-17H2,1-3H3. The summed E-state index contributed by atoms with van der Waals surface area (Å²) in [7, 11) is -1.23. The number of carbonyl (C=O) groups excluding carboxylic acids is 1. The van der Waals surface area contributed by atoms with Gasteiger partial charge in [0.2, 0.25) is 5.91 Å². The van der Waals surface area contributed by atoms with Crippen LogP contribution in [0.25, 0.3) is 22.0 Å². The lowest BCUT2D eigenvalue weighted by Crippen LogP contribution is -2.34. The summed E-state index contributed by atoms with van der Waals surface area (Å²) < 4.78 is 23.1. The normalized spacial score (nSPS) is 14.3. The number of halogens is 2. The van der Waals surface area contributed by atoms with Crippen molar-refractivity contribution in [2.24, 2.45) is 0 Å². The van der Waals surface area contributed by atoms with E-state index < -0.39 is 13.9 Å². The highest BCUT2D eigenvalue weighted by atomic mass is 35.5. The first-order valence-corrected chi connectivity index (χ1v) is 15.8. The zero-order valence-electron chi connectivity index (χ0n) is 19.9. The Kier molecular flexibility index (Phi) is 7.30. The minimum Gasteiger partial charge on any atom is -0.361 e. The summed E-state index contributed by atoms with van der Waals surface area (Å²) in [6, 6.07) is 7.30. The number of aromatic nitrogens is 2. The molecule has 0 bridgehead atoms. The van der Waals surface area contributed by atoms with Gasteiger partial charge < -0.3 is 18.8 Å². The molecule has 182 valence electrons. The zero-order valence-corrected chi connectivity index (χ0v) is 21.7. The van der Waals surface area contributed by atoms with Gasteiger partial charge in [-0.05, 0) is 42.6 Å². The van der Waals surface area contributed by atoms with Crippen LogP contribution in [0.4, 0.5) is 4.39 Å². The van der Waals surface area contributed by atoms with Crippen molar-refractivity contribution in [1.29, 1.82) is 0 Å². The average molecular weight is 504 g/mol. The van der Waals surface area contributed by atoms with Gasteiger partial charge in [0.05, 0.1) is 15.9 Å². The van der Waals surface area contributed by atoms with Crippen molar-refractivity contribution in [3.8, 4) is 11.1 Å². The number of pyridine rings is 1. The van der Waals surface area contributed by atoms with Gasteiger partial charge in [-0.2, -0.15) is 0 Å². The molecule has 6 nitrogen and oxygen atoms in total. The van der Waals surface area contributed by atoms with E-state index in [0.717, 1.165) is 32.0 Å². The van der Waals surface area contributed by atoms with Crippen LogP contribution in [0.2, 0.25) is 30.7 Å². The Bertz CT molecular complexity index is 1260. The average Bonchev–Trinajstić information content (AvgIpc) is 3.43. The molecular weight excluding hydrogens is 473 g/mol. The molecule has 1 amide bonds. The van der Waals surface area contributed by atoms with Crippen molar-refractivity contribution >= 4 is 36.5 Å². The summed E-state index contributed by atoms with van der Waals surface area (Å²) in [6.45, 7) is 9.30. The first-order chi connectivity index (χ1) is 16.1. The topological polar surface area (TPSA) is 56.5 Å². The fourth-order valence-electron chi connectivity index (χ4n) is 4.21. The minimum absolute atomic E-state index is 0.00369. The van der Waals surface area contributed by atoms with E-state index in [0.29, 0.717) is 35.4 Å². The Labute approximate surface area is 204 Å². The van der Waals surface area contributed by atoms with E-state index in [4.69, 9.17) is 16.3 Å². The second-order valence-electron chi connectivity index (χ2n) is 10.1. The molecule has 4 rings (SSSR count). The van der Waals surface area contributed by atoms with Crippen LogP contribution in [0.5, 0.6) is 0 Å². The van der Waals surface area contributed by atoms with Gasteiger partial charge in [0.1, 0.15) is 19.1 Å². The van der Waals surface area contributed by atoms with Crippen LogP contribution in [0, 0.1) is 5.82 Å². The van der Waals surface area contributed by atoms with E-state index in [2.05, 4.69) is 19.6 Å². The summed E-state index contributed by atoms with van der Waals surface area (Å²) in [6.07, 6.45) is 5.50. The number of hydrogen-bond donors (Lipinski definition) is 0. The third kappa shape index (κ3) is 5.45. The molecule has 0 spiro atoms. The van der Waals surface area contributed by atoms with Gasteiger partial charge in [-0.15, -0.1) is 0 Å². The summed E-state index contributed by atoms with van der Waals surface area (Å²) >= 11 is 6.04. The summed E-state index contributed by atoms with van der Waals surface area (Å²) in [4.78, 5) is 28.0. The van der Waals surface area contributed by atoms with Crippen LogP contribution in [0.15, 0.2) is 41.5 Å². The number of amides is 1. The second kappa shape index (κ2) is 10.1. The van der Waals surface area contributed by atoms with Crippen LogP contribution in [0.3, 0.4) is 0 Å². The van der Waals surface area contributed by atoms with Gasteiger partial charge in [-0.1, -0.05) is 37.3 Å². The summed E-state index contributed by atoms with van der Waals surface area (Å²) in [5.41, 5.74) is 1.72. The summed E-state index contributed by atoms with van der Waals surface area (Å²) in [5, 5.41) is 0.457. The van der Waals surface area contributed by atoms with Crippen LogP contribution < -0.4 is 5.56 Å². The number of hydrogen-bond acceptors (Lipinski definition) is 3. The predicted molar refractivity (Wildman–Crippen MR) is 137 cm³/mol. The maximum Gasteiger partial charge on any atom is 0.261 e. The SMILES string of the molecule is C[Si](C)(C)CCOCn1cc(-c2ccc(F)c(Cl)c2)c2c(=O)n(CC(=O)N3CCCC3)ccc21. The Morgan fingerprint density at radius 2 is 1.88 bits per heavy atom. The number of rotatable bonds is 8. The number of carbonyl (C=O) groups is 1. The number of ether oxygens (including phenoxy) is 1. The van der Waals surface area contributed by atoms with Crippen molar-refractivity contribution in [3.05, 3.63) is 57.9 Å². The second-order valence-corrected chi connectivity index (χ2v) is 16.1. The smallest absolute Gasteiger partial charge is 0.261 e. The van der Waals surface area contributed by atoms with Crippen molar-refractivity contribution in [1.82, 2.24) is 14.0 Å². The van der Waals surface area contributed by atoms with E-state index in [9.17, 15) is 14.0 Å². The molecule has 0 saturated carbocycles. The molecule has 1 fully saturated rings. The summed E-state index contributed by atoms with van der Waals surface area (Å²) in [5.74, 6) is -0.572. The van der Waals surface area contributed by atoms with Gasteiger partial charge in [0.15, 0.2) is 0 Å². The zero-order chi connectivity index (χ0) is 24.5. The minimum atomic E-state index is -1.23. The van der Waals surface area contributed by atoms with Crippen molar-refractivity contribution in [2.45, 2.75) is 51.8 Å². The molecule has 0 N–H and O–H groups in total. The van der Waals surface area contributed by atoms with Gasteiger partial charge in [0.25, 0.3) is 5.56 Å². The number of fused-ring (bicyclic) bond motifs is 1. The monoisotopic (exact) mass is 503 g/mol.